The number of rotatable bonds is 6. The molecule has 1 saturated carbocycles. The molecule has 1 heterocycles. The van der Waals surface area contributed by atoms with Gasteiger partial charge in [-0.3, -0.25) is 10.1 Å². The quantitative estimate of drug-likeness (QED) is 0.332. The van der Waals surface area contributed by atoms with Gasteiger partial charge in [-0.1, -0.05) is 62.1 Å². The Balaban J connectivity index is 1.65. The van der Waals surface area contributed by atoms with E-state index in [9.17, 15) is 19.5 Å². The van der Waals surface area contributed by atoms with Gasteiger partial charge in [-0.15, -0.1) is 0 Å². The molecular formula is C29H34N4O4. The standard InChI is InChI=1S/C29H34N4O4/c1-17-14-18(2)23(19(3)15-17)31-28(37)33-25-21(16-20-10-6-7-11-22(20)30-25)26(34)32-24(27(35)36)29(4)12-8-5-9-13-29/h6-7,10-11,14-16,24H,5,8-9,12-13H2,1-4H3,(H,32,34)(H,35,36)(H2,30,31,33,37)/t24-/m1/s1. The second-order valence-electron chi connectivity index (χ2n) is 10.4. The fraction of sp³-hybridized carbons (Fsp3) is 0.379. The van der Waals surface area contributed by atoms with E-state index in [0.29, 0.717) is 16.6 Å². The predicted molar refractivity (Wildman–Crippen MR) is 145 cm³/mol. The van der Waals surface area contributed by atoms with Crippen molar-refractivity contribution in [2.75, 3.05) is 10.6 Å². The third kappa shape index (κ3) is 5.74. The maximum absolute atomic E-state index is 13.5. The highest BCUT2D eigenvalue weighted by molar-refractivity contribution is 6.08. The van der Waals surface area contributed by atoms with Crippen LogP contribution in [0.4, 0.5) is 16.3 Å². The molecule has 8 nitrogen and oxygen atoms in total. The van der Waals surface area contributed by atoms with Crippen molar-refractivity contribution in [1.29, 1.82) is 0 Å². The van der Waals surface area contributed by atoms with Gasteiger partial charge in [0.05, 0.1) is 11.1 Å². The number of aryl methyl sites for hydroxylation is 3. The number of carbonyl (C=O) groups is 3. The summed E-state index contributed by atoms with van der Waals surface area (Å²) in [7, 11) is 0. The lowest BCUT2D eigenvalue weighted by Gasteiger charge is -2.38. The molecule has 1 aromatic heterocycles. The number of pyridine rings is 1. The van der Waals surface area contributed by atoms with Gasteiger partial charge in [-0.2, -0.15) is 0 Å². The number of benzene rings is 2. The van der Waals surface area contributed by atoms with Crippen LogP contribution in [-0.2, 0) is 4.79 Å². The number of anilines is 2. The van der Waals surface area contributed by atoms with E-state index >= 15 is 0 Å². The minimum Gasteiger partial charge on any atom is -0.480 e. The van der Waals surface area contributed by atoms with Gasteiger partial charge < -0.3 is 15.7 Å². The average molecular weight is 503 g/mol. The number of para-hydroxylation sites is 1. The summed E-state index contributed by atoms with van der Waals surface area (Å²) in [5, 5.41) is 19.0. The van der Waals surface area contributed by atoms with Crippen LogP contribution in [0.25, 0.3) is 10.9 Å². The second-order valence-corrected chi connectivity index (χ2v) is 10.4. The molecule has 194 valence electrons. The summed E-state index contributed by atoms with van der Waals surface area (Å²) >= 11 is 0. The molecule has 4 rings (SSSR count). The minimum atomic E-state index is -1.07. The molecule has 1 aliphatic rings. The van der Waals surface area contributed by atoms with Crippen molar-refractivity contribution >= 4 is 40.3 Å². The molecule has 3 amide bonds. The molecule has 2 aromatic carbocycles. The monoisotopic (exact) mass is 502 g/mol. The van der Waals surface area contributed by atoms with Crippen LogP contribution in [0.15, 0.2) is 42.5 Å². The van der Waals surface area contributed by atoms with Gasteiger partial charge in [0.15, 0.2) is 0 Å². The number of hydrogen-bond donors (Lipinski definition) is 4. The van der Waals surface area contributed by atoms with Crippen LogP contribution < -0.4 is 16.0 Å². The van der Waals surface area contributed by atoms with E-state index < -0.39 is 29.4 Å². The molecule has 8 heteroatoms. The van der Waals surface area contributed by atoms with Crippen molar-refractivity contribution in [2.24, 2.45) is 5.41 Å². The third-order valence-corrected chi connectivity index (χ3v) is 7.33. The van der Waals surface area contributed by atoms with Crippen molar-refractivity contribution in [1.82, 2.24) is 10.3 Å². The number of aliphatic carboxylic acids is 1. The third-order valence-electron chi connectivity index (χ3n) is 7.33. The van der Waals surface area contributed by atoms with E-state index in [2.05, 4.69) is 20.9 Å². The number of hydrogen-bond acceptors (Lipinski definition) is 4. The number of amides is 3. The fourth-order valence-electron chi connectivity index (χ4n) is 5.40. The summed E-state index contributed by atoms with van der Waals surface area (Å²) in [6.07, 6.45) is 4.37. The number of carboxylic acids is 1. The Morgan fingerprint density at radius 1 is 0.946 bits per heavy atom. The average Bonchev–Trinajstić information content (AvgIpc) is 2.84. The Morgan fingerprint density at radius 2 is 1.59 bits per heavy atom. The van der Waals surface area contributed by atoms with Crippen LogP contribution in [0.1, 0.15) is 66.1 Å². The minimum absolute atomic E-state index is 0.0639. The van der Waals surface area contributed by atoms with Gasteiger partial charge in [0.2, 0.25) is 0 Å². The van der Waals surface area contributed by atoms with E-state index in [-0.39, 0.29) is 11.4 Å². The van der Waals surface area contributed by atoms with E-state index in [0.717, 1.165) is 48.8 Å². The van der Waals surface area contributed by atoms with Gasteiger partial charge in [0, 0.05) is 11.1 Å². The Labute approximate surface area is 216 Å². The van der Waals surface area contributed by atoms with Gasteiger partial charge in [-0.25, -0.2) is 14.6 Å². The summed E-state index contributed by atoms with van der Waals surface area (Å²) in [5.41, 5.74) is 3.78. The molecule has 0 aliphatic heterocycles. The zero-order chi connectivity index (χ0) is 26.7. The Morgan fingerprint density at radius 3 is 2.24 bits per heavy atom. The first-order chi connectivity index (χ1) is 17.6. The summed E-state index contributed by atoms with van der Waals surface area (Å²) in [6, 6.07) is 11.3. The molecule has 4 N–H and O–H groups in total. The number of nitrogens with zero attached hydrogens (tertiary/aromatic N) is 1. The van der Waals surface area contributed by atoms with Crippen LogP contribution >= 0.6 is 0 Å². The van der Waals surface area contributed by atoms with Crippen LogP contribution in [0, 0.1) is 26.2 Å². The van der Waals surface area contributed by atoms with E-state index in [1.165, 1.54) is 0 Å². The SMILES string of the molecule is Cc1cc(C)c(NC(=O)Nc2nc3ccccc3cc2C(=O)N[C@H](C(=O)O)C2(C)CCCCC2)c(C)c1. The number of fused-ring (bicyclic) bond motifs is 1. The first-order valence-electron chi connectivity index (χ1n) is 12.7. The molecule has 1 aliphatic carbocycles. The zero-order valence-corrected chi connectivity index (χ0v) is 21.8. The summed E-state index contributed by atoms with van der Waals surface area (Å²) in [5.74, 6) is -1.59. The van der Waals surface area contributed by atoms with Crippen LogP contribution in [-0.4, -0.2) is 34.0 Å². The van der Waals surface area contributed by atoms with Crippen molar-refractivity contribution in [2.45, 2.75) is 65.8 Å². The maximum atomic E-state index is 13.5. The van der Waals surface area contributed by atoms with Crippen LogP contribution in [0.5, 0.6) is 0 Å². The Kier molecular flexibility index (Phi) is 7.47. The lowest BCUT2D eigenvalue weighted by molar-refractivity contribution is -0.143. The van der Waals surface area contributed by atoms with Crippen molar-refractivity contribution in [3.8, 4) is 0 Å². The summed E-state index contributed by atoms with van der Waals surface area (Å²) < 4.78 is 0. The van der Waals surface area contributed by atoms with Gasteiger partial charge in [-0.05, 0) is 62.3 Å². The molecule has 37 heavy (non-hydrogen) atoms. The molecule has 0 radical (unpaired) electrons. The normalized spacial score (nSPS) is 15.6. The molecule has 0 unspecified atom stereocenters. The number of carboxylic acid groups (broad SMARTS) is 1. The highest BCUT2D eigenvalue weighted by atomic mass is 16.4. The van der Waals surface area contributed by atoms with Crippen LogP contribution in [0.3, 0.4) is 0 Å². The zero-order valence-electron chi connectivity index (χ0n) is 21.8. The van der Waals surface area contributed by atoms with E-state index in [4.69, 9.17) is 0 Å². The smallest absolute Gasteiger partial charge is 0.326 e. The number of urea groups is 1. The second kappa shape index (κ2) is 10.6. The molecule has 1 fully saturated rings. The molecule has 0 saturated heterocycles. The first kappa shape index (κ1) is 26.1. The number of carbonyl (C=O) groups excluding carboxylic acids is 2. The molecule has 0 spiro atoms. The number of nitrogens with one attached hydrogen (secondary N) is 3. The lowest BCUT2D eigenvalue weighted by atomic mass is 9.70. The fourth-order valence-corrected chi connectivity index (χ4v) is 5.40. The highest BCUT2D eigenvalue weighted by Crippen LogP contribution is 2.39. The van der Waals surface area contributed by atoms with Gasteiger partial charge in [0.25, 0.3) is 5.91 Å². The molecule has 3 aromatic rings. The summed E-state index contributed by atoms with van der Waals surface area (Å²) in [6.45, 7) is 7.75. The van der Waals surface area contributed by atoms with Crippen LogP contribution in [0.2, 0.25) is 0 Å². The number of aromatic nitrogens is 1. The molecule has 0 bridgehead atoms. The van der Waals surface area contributed by atoms with Gasteiger partial charge >= 0.3 is 12.0 Å². The highest BCUT2D eigenvalue weighted by Gasteiger charge is 2.41. The first-order valence-corrected chi connectivity index (χ1v) is 12.7. The molecular weight excluding hydrogens is 468 g/mol. The maximum Gasteiger partial charge on any atom is 0.326 e. The summed E-state index contributed by atoms with van der Waals surface area (Å²) in [4.78, 5) is 43.3. The van der Waals surface area contributed by atoms with Crippen molar-refractivity contribution < 1.29 is 19.5 Å². The topological polar surface area (TPSA) is 120 Å². The van der Waals surface area contributed by atoms with E-state index in [1.54, 1.807) is 12.1 Å². The molecule has 1 atom stereocenters. The lowest BCUT2D eigenvalue weighted by Crippen LogP contribution is -2.52. The van der Waals surface area contributed by atoms with Crippen molar-refractivity contribution in [3.63, 3.8) is 0 Å². The Bertz CT molecular complexity index is 1340. The largest absolute Gasteiger partial charge is 0.480 e. The Hall–Kier alpha value is -3.94. The van der Waals surface area contributed by atoms with Crippen molar-refractivity contribution in [3.05, 3.63) is 64.7 Å². The van der Waals surface area contributed by atoms with E-state index in [1.807, 2.05) is 58.0 Å². The van der Waals surface area contributed by atoms with Gasteiger partial charge in [0.1, 0.15) is 11.9 Å². The predicted octanol–water partition coefficient (Wildman–Crippen LogP) is 5.96.